The van der Waals surface area contributed by atoms with E-state index in [9.17, 15) is 19.2 Å². The Morgan fingerprint density at radius 1 is 0.276 bits per heavy atom. The molecule has 0 heterocycles. The molecular formula is C68H114O8. The van der Waals surface area contributed by atoms with Crippen LogP contribution in [0.2, 0.25) is 0 Å². The fraction of sp³-hybridized carbons (Fsp3) is 0.765. The Morgan fingerprint density at radius 2 is 0.513 bits per heavy atom. The molecule has 0 atom stereocenters. The average molecular weight is 1060 g/mol. The van der Waals surface area contributed by atoms with Crippen LogP contribution in [-0.4, -0.2) is 50.3 Å². The van der Waals surface area contributed by atoms with Gasteiger partial charge in [-0.25, -0.2) is 19.2 Å². The Balaban J connectivity index is 2.39. The summed E-state index contributed by atoms with van der Waals surface area (Å²) in [5.41, 5.74) is 0.172. The largest absolute Gasteiger partial charge is 0.462 e. The molecule has 0 aliphatic carbocycles. The van der Waals surface area contributed by atoms with E-state index in [0.29, 0.717) is 36.8 Å². The molecule has 0 radical (unpaired) electrons. The first-order valence-electron chi connectivity index (χ1n) is 32.4. The average Bonchev–Trinajstić information content (AvgIpc) is 3.46. The first kappa shape index (κ1) is 68.4. The Morgan fingerprint density at radius 3 is 0.803 bits per heavy atom. The number of hydrogen-bond donors (Lipinski definition) is 0. The van der Waals surface area contributed by atoms with Crippen molar-refractivity contribution < 1.29 is 38.1 Å². The third-order valence-corrected chi connectivity index (χ3v) is 15.2. The highest BCUT2D eigenvalue weighted by molar-refractivity contribution is 6.18. The van der Waals surface area contributed by atoms with Crippen molar-refractivity contribution in [1.29, 1.82) is 0 Å². The van der Waals surface area contributed by atoms with Gasteiger partial charge in [-0.1, -0.05) is 315 Å². The van der Waals surface area contributed by atoms with Crippen molar-refractivity contribution in [2.75, 3.05) is 26.4 Å². The second-order valence-electron chi connectivity index (χ2n) is 22.1. The molecule has 0 saturated carbocycles. The molecule has 0 N–H and O–H groups in total. The number of ether oxygens (including phenoxy) is 4. The van der Waals surface area contributed by atoms with E-state index in [2.05, 4.69) is 27.7 Å². The minimum absolute atomic E-state index is 0.0817. The normalized spacial score (nSPS) is 11.3. The van der Waals surface area contributed by atoms with E-state index in [1.165, 1.54) is 186 Å². The molecule has 2 rings (SSSR count). The lowest BCUT2D eigenvalue weighted by Crippen LogP contribution is -2.25. The number of carbonyl (C=O) groups is 4. The van der Waals surface area contributed by atoms with Crippen LogP contribution >= 0.6 is 0 Å². The van der Waals surface area contributed by atoms with Crippen molar-refractivity contribution in [2.24, 2.45) is 0 Å². The molecule has 0 amide bonds. The number of benzene rings is 2. The molecule has 0 bridgehead atoms. The van der Waals surface area contributed by atoms with Gasteiger partial charge in [0.1, 0.15) is 0 Å². The molecule has 0 fully saturated rings. The summed E-state index contributed by atoms with van der Waals surface area (Å²) in [6, 6.07) is 10.8. The molecule has 8 heteroatoms. The number of esters is 4. The summed E-state index contributed by atoms with van der Waals surface area (Å²) in [5.74, 6) is -3.14. The highest BCUT2D eigenvalue weighted by Gasteiger charge is 2.36. The van der Waals surface area contributed by atoms with Crippen molar-refractivity contribution in [3.63, 3.8) is 0 Å². The van der Waals surface area contributed by atoms with Crippen LogP contribution in [0.25, 0.3) is 11.1 Å². The van der Waals surface area contributed by atoms with E-state index in [-0.39, 0.29) is 48.7 Å². The summed E-state index contributed by atoms with van der Waals surface area (Å²) in [6.07, 6.45) is 50.8. The molecule has 0 saturated heterocycles. The molecule has 2 aromatic carbocycles. The standard InChI is InChI=1S/C68H114O8/c1-5-9-13-17-21-25-29-33-37-41-48-54-73-65(69)61-58-60(59-52-46-45-47-53-59)62(66(70)74-55-49-42-38-34-30-26-22-18-14-10-6-2)64(68(72)76-57-51-44-40-36-32-28-24-20-16-12-8-4)63(61)67(71)75-56-50-43-39-35-31-27-23-19-15-11-7-3/h45-47,52-53,58H,5-44,48-51,54-57H2,1-4H3. The lowest BCUT2D eigenvalue weighted by Gasteiger charge is -2.20. The SMILES string of the molecule is CCCCCCCCCCCCCOC(=O)c1cc(-c2ccccc2)c(C(=O)OCCCCCCCCCCCCC)c(C(=O)OCCCCCCCCCCCCC)c1C(=O)OCCCCCCCCCCCCC. The van der Waals surface area contributed by atoms with Crippen LogP contribution in [0, 0.1) is 0 Å². The van der Waals surface area contributed by atoms with Crippen LogP contribution < -0.4 is 0 Å². The topological polar surface area (TPSA) is 105 Å². The summed E-state index contributed by atoms with van der Waals surface area (Å²) in [5, 5.41) is 0. The second-order valence-corrected chi connectivity index (χ2v) is 22.1. The van der Waals surface area contributed by atoms with E-state index in [1.807, 2.05) is 30.3 Å². The van der Waals surface area contributed by atoms with Crippen molar-refractivity contribution >= 4 is 23.9 Å². The van der Waals surface area contributed by atoms with E-state index >= 15 is 0 Å². The van der Waals surface area contributed by atoms with Crippen molar-refractivity contribution in [3.8, 4) is 11.1 Å². The number of unbranched alkanes of at least 4 members (excludes halogenated alkanes) is 40. The van der Waals surface area contributed by atoms with Gasteiger partial charge in [-0.3, -0.25) is 0 Å². The summed E-state index contributed by atoms with van der Waals surface area (Å²) in [6.45, 7) is 9.56. The lowest BCUT2D eigenvalue weighted by atomic mass is 9.88. The Kier molecular flexibility index (Phi) is 44.7. The van der Waals surface area contributed by atoms with E-state index < -0.39 is 23.9 Å². The van der Waals surface area contributed by atoms with Crippen LogP contribution in [0.5, 0.6) is 0 Å². The van der Waals surface area contributed by atoms with Crippen molar-refractivity contribution in [2.45, 2.75) is 310 Å². The molecule has 0 spiro atoms. The van der Waals surface area contributed by atoms with Gasteiger partial charge in [0.05, 0.1) is 48.7 Å². The highest BCUT2D eigenvalue weighted by atomic mass is 16.5. The van der Waals surface area contributed by atoms with E-state index in [1.54, 1.807) is 0 Å². The van der Waals surface area contributed by atoms with Crippen LogP contribution in [-0.2, 0) is 18.9 Å². The molecule has 0 aromatic heterocycles. The van der Waals surface area contributed by atoms with Gasteiger partial charge in [-0.2, -0.15) is 0 Å². The number of carbonyl (C=O) groups excluding carboxylic acids is 4. The maximum Gasteiger partial charge on any atom is 0.339 e. The minimum Gasteiger partial charge on any atom is -0.462 e. The quantitative estimate of drug-likeness (QED) is 0.0366. The zero-order valence-electron chi connectivity index (χ0n) is 49.7. The molecule has 0 aliphatic heterocycles. The Labute approximate surface area is 466 Å². The Hall–Kier alpha value is -3.68. The van der Waals surface area contributed by atoms with Crippen LogP contribution in [0.15, 0.2) is 36.4 Å². The molecule has 2 aromatic rings. The van der Waals surface area contributed by atoms with Gasteiger partial charge in [0, 0.05) is 0 Å². The third kappa shape index (κ3) is 33.6. The predicted molar refractivity (Wildman–Crippen MR) is 319 cm³/mol. The molecule has 0 aliphatic rings. The van der Waals surface area contributed by atoms with Crippen molar-refractivity contribution in [3.05, 3.63) is 58.7 Å². The van der Waals surface area contributed by atoms with Crippen LogP contribution in [0.3, 0.4) is 0 Å². The Bertz CT molecular complexity index is 1720. The second kappa shape index (κ2) is 49.6. The van der Waals surface area contributed by atoms with Gasteiger partial charge in [-0.05, 0) is 42.9 Å². The zero-order valence-corrected chi connectivity index (χ0v) is 49.7. The first-order valence-corrected chi connectivity index (χ1v) is 32.4. The molecule has 76 heavy (non-hydrogen) atoms. The van der Waals surface area contributed by atoms with Gasteiger partial charge in [0.2, 0.25) is 0 Å². The predicted octanol–water partition coefficient (Wildman–Crippen LogP) is 21.2. The number of rotatable bonds is 53. The summed E-state index contributed by atoms with van der Waals surface area (Å²) < 4.78 is 24.0. The third-order valence-electron chi connectivity index (χ3n) is 15.2. The zero-order chi connectivity index (χ0) is 54.8. The summed E-state index contributed by atoms with van der Waals surface area (Å²) in [4.78, 5) is 58.5. The summed E-state index contributed by atoms with van der Waals surface area (Å²) >= 11 is 0. The fourth-order valence-corrected chi connectivity index (χ4v) is 10.3. The summed E-state index contributed by atoms with van der Waals surface area (Å²) in [7, 11) is 0. The molecule has 8 nitrogen and oxygen atoms in total. The minimum atomic E-state index is -0.840. The van der Waals surface area contributed by atoms with E-state index in [4.69, 9.17) is 18.9 Å². The maximum absolute atomic E-state index is 14.8. The highest BCUT2D eigenvalue weighted by Crippen LogP contribution is 2.34. The van der Waals surface area contributed by atoms with Crippen LogP contribution in [0.1, 0.15) is 352 Å². The lowest BCUT2D eigenvalue weighted by molar-refractivity contribution is 0.0415. The van der Waals surface area contributed by atoms with Gasteiger partial charge >= 0.3 is 23.9 Å². The van der Waals surface area contributed by atoms with Gasteiger partial charge in [0.15, 0.2) is 0 Å². The maximum atomic E-state index is 14.8. The van der Waals surface area contributed by atoms with Crippen LogP contribution in [0.4, 0.5) is 0 Å². The van der Waals surface area contributed by atoms with Gasteiger partial charge in [0.25, 0.3) is 0 Å². The van der Waals surface area contributed by atoms with Crippen molar-refractivity contribution in [1.82, 2.24) is 0 Å². The fourth-order valence-electron chi connectivity index (χ4n) is 10.3. The molecule has 0 unspecified atom stereocenters. The van der Waals surface area contributed by atoms with E-state index in [0.717, 1.165) is 77.0 Å². The smallest absolute Gasteiger partial charge is 0.339 e. The van der Waals surface area contributed by atoms with Gasteiger partial charge in [-0.15, -0.1) is 0 Å². The first-order chi connectivity index (χ1) is 37.4. The molecule has 434 valence electrons. The van der Waals surface area contributed by atoms with Gasteiger partial charge < -0.3 is 18.9 Å². The number of hydrogen-bond acceptors (Lipinski definition) is 8. The molecular weight excluding hydrogens is 945 g/mol. The monoisotopic (exact) mass is 1060 g/mol.